The van der Waals surface area contributed by atoms with Crippen LogP contribution in [0.15, 0.2) is 70.8 Å². The van der Waals surface area contributed by atoms with Crippen LogP contribution in [0.4, 0.5) is 0 Å². The van der Waals surface area contributed by atoms with E-state index in [1.807, 2.05) is 54.6 Å². The molecule has 0 bridgehead atoms. The second kappa shape index (κ2) is 10.2. The summed E-state index contributed by atoms with van der Waals surface area (Å²) < 4.78 is 7.19. The first-order valence-electron chi connectivity index (χ1n) is 11.6. The van der Waals surface area contributed by atoms with Crippen molar-refractivity contribution in [2.75, 3.05) is 0 Å². The van der Waals surface area contributed by atoms with Crippen molar-refractivity contribution in [2.45, 2.75) is 39.3 Å². The molecule has 1 amide bonds. The minimum atomic E-state index is -0.390. The molecule has 0 spiro atoms. The molecule has 4 aromatic rings. The van der Waals surface area contributed by atoms with Crippen molar-refractivity contribution in [1.82, 2.24) is 15.0 Å². The second-order valence-corrected chi connectivity index (χ2v) is 9.93. The summed E-state index contributed by atoms with van der Waals surface area (Å²) in [6.07, 6.45) is 5.95. The molecule has 7 nitrogen and oxygen atoms in total. The number of benzene rings is 2. The number of amides is 1. The maximum Gasteiger partial charge on any atom is 0.262 e. The van der Waals surface area contributed by atoms with E-state index in [0.29, 0.717) is 23.7 Å². The molecule has 0 fully saturated rings. The fourth-order valence-electron chi connectivity index (χ4n) is 4.27. The van der Waals surface area contributed by atoms with E-state index in [1.165, 1.54) is 15.8 Å². The van der Waals surface area contributed by atoms with Gasteiger partial charge in [0.05, 0.1) is 17.9 Å². The Balaban J connectivity index is 1.21. The van der Waals surface area contributed by atoms with Gasteiger partial charge in [-0.15, -0.1) is 11.3 Å². The predicted molar refractivity (Wildman–Crippen MR) is 138 cm³/mol. The monoisotopic (exact) mass is 486 g/mol. The lowest BCUT2D eigenvalue weighted by Crippen LogP contribution is -2.30. The third-order valence-electron chi connectivity index (χ3n) is 6.11. The van der Waals surface area contributed by atoms with Crippen molar-refractivity contribution in [2.24, 2.45) is 11.0 Å². The molecule has 1 unspecified atom stereocenters. The van der Waals surface area contributed by atoms with Crippen LogP contribution in [0.3, 0.4) is 0 Å². The smallest absolute Gasteiger partial charge is 0.262 e. The number of carbonyl (C=O) groups excluding carboxylic acids is 1. The average Bonchev–Trinajstić information content (AvgIpc) is 3.23. The number of nitrogens with one attached hydrogen (secondary N) is 1. The van der Waals surface area contributed by atoms with Crippen molar-refractivity contribution >= 4 is 33.7 Å². The van der Waals surface area contributed by atoms with Crippen molar-refractivity contribution in [3.8, 4) is 5.75 Å². The molecule has 5 rings (SSSR count). The third-order valence-corrected chi connectivity index (χ3v) is 7.27. The maximum absolute atomic E-state index is 13.1. The van der Waals surface area contributed by atoms with Crippen LogP contribution in [0.2, 0.25) is 0 Å². The number of rotatable bonds is 7. The number of aryl methyl sites for hydroxylation is 1. The van der Waals surface area contributed by atoms with Crippen LogP contribution in [0.1, 0.15) is 34.9 Å². The number of hydrogen-bond acceptors (Lipinski definition) is 6. The first-order chi connectivity index (χ1) is 17.1. The number of thiophene rings is 1. The van der Waals surface area contributed by atoms with Gasteiger partial charge in [-0.3, -0.25) is 14.2 Å². The number of carbonyl (C=O) groups is 1. The lowest BCUT2D eigenvalue weighted by molar-refractivity contribution is -0.121. The largest absolute Gasteiger partial charge is 0.489 e. The van der Waals surface area contributed by atoms with Crippen molar-refractivity contribution < 1.29 is 9.53 Å². The fraction of sp³-hybridized carbons (Fsp3) is 0.259. The molecular formula is C27H26N4O3S. The predicted octanol–water partition coefficient (Wildman–Crippen LogP) is 4.31. The average molecular weight is 487 g/mol. The summed E-state index contributed by atoms with van der Waals surface area (Å²) in [5.74, 6) is 0.944. The van der Waals surface area contributed by atoms with Crippen molar-refractivity contribution in [1.29, 1.82) is 0 Å². The number of nitrogens with zero attached hydrogens (tertiary/aromatic N) is 3. The summed E-state index contributed by atoms with van der Waals surface area (Å²) in [6, 6.07) is 17.4. The van der Waals surface area contributed by atoms with Crippen LogP contribution < -0.4 is 15.7 Å². The molecule has 0 radical (unpaired) electrons. The van der Waals surface area contributed by atoms with Gasteiger partial charge in [-0.1, -0.05) is 49.4 Å². The lowest BCUT2D eigenvalue weighted by Gasteiger charge is -2.17. The summed E-state index contributed by atoms with van der Waals surface area (Å²) in [4.78, 5) is 32.0. The van der Waals surface area contributed by atoms with E-state index in [2.05, 4.69) is 22.4 Å². The van der Waals surface area contributed by atoms with Crippen LogP contribution >= 0.6 is 11.3 Å². The molecule has 0 saturated heterocycles. The highest BCUT2D eigenvalue weighted by Crippen LogP contribution is 2.35. The summed E-state index contributed by atoms with van der Waals surface area (Å²) >= 11 is 1.60. The van der Waals surface area contributed by atoms with Crippen LogP contribution in [-0.4, -0.2) is 21.7 Å². The Morgan fingerprint density at radius 1 is 1.26 bits per heavy atom. The van der Waals surface area contributed by atoms with Gasteiger partial charge in [-0.25, -0.2) is 10.4 Å². The number of hydrazone groups is 1. The molecule has 1 N–H and O–H groups in total. The van der Waals surface area contributed by atoms with Gasteiger partial charge in [0.2, 0.25) is 0 Å². The second-order valence-electron chi connectivity index (χ2n) is 8.85. The summed E-state index contributed by atoms with van der Waals surface area (Å²) in [5.41, 5.74) is 5.32. The van der Waals surface area contributed by atoms with E-state index in [0.717, 1.165) is 40.8 Å². The summed E-state index contributed by atoms with van der Waals surface area (Å²) in [5, 5.41) is 4.71. The molecular weight excluding hydrogens is 460 g/mol. The van der Waals surface area contributed by atoms with Gasteiger partial charge in [-0.2, -0.15) is 5.10 Å². The third kappa shape index (κ3) is 5.33. The number of aromatic nitrogens is 2. The van der Waals surface area contributed by atoms with Gasteiger partial charge in [0.15, 0.2) is 0 Å². The Hall–Kier alpha value is -3.78. The Bertz CT molecular complexity index is 1440. The first kappa shape index (κ1) is 23.0. The number of fused-ring (bicyclic) bond motifs is 3. The highest BCUT2D eigenvalue weighted by molar-refractivity contribution is 7.18. The quantitative estimate of drug-likeness (QED) is 0.312. The van der Waals surface area contributed by atoms with E-state index >= 15 is 0 Å². The highest BCUT2D eigenvalue weighted by Gasteiger charge is 2.23. The van der Waals surface area contributed by atoms with E-state index in [4.69, 9.17) is 4.74 Å². The Morgan fingerprint density at radius 3 is 2.97 bits per heavy atom. The number of hydrogen-bond donors (Lipinski definition) is 1. The zero-order valence-corrected chi connectivity index (χ0v) is 20.3. The van der Waals surface area contributed by atoms with Gasteiger partial charge in [0.1, 0.15) is 23.7 Å². The molecule has 1 aliphatic rings. The molecule has 2 heterocycles. The molecule has 1 atom stereocenters. The van der Waals surface area contributed by atoms with Crippen LogP contribution in [-0.2, 0) is 30.8 Å². The minimum absolute atomic E-state index is 0.139. The van der Waals surface area contributed by atoms with Crippen LogP contribution in [0.25, 0.3) is 10.2 Å². The van der Waals surface area contributed by atoms with E-state index in [-0.39, 0.29) is 12.1 Å². The SMILES string of the molecule is CC1CCc2c(sc3ncn(CC(=O)N/N=C\c4cccc(OCc5ccccc5)c4)c(=O)c23)C1. The van der Waals surface area contributed by atoms with E-state index in [1.54, 1.807) is 17.6 Å². The molecule has 0 saturated carbocycles. The fourth-order valence-corrected chi connectivity index (χ4v) is 5.61. The van der Waals surface area contributed by atoms with Crippen LogP contribution in [0, 0.1) is 5.92 Å². The topological polar surface area (TPSA) is 85.6 Å². The molecule has 35 heavy (non-hydrogen) atoms. The van der Waals surface area contributed by atoms with E-state index < -0.39 is 5.91 Å². The normalized spacial score (nSPS) is 15.3. The zero-order chi connectivity index (χ0) is 24.2. The Morgan fingerprint density at radius 2 is 2.11 bits per heavy atom. The van der Waals surface area contributed by atoms with Gasteiger partial charge < -0.3 is 4.74 Å². The van der Waals surface area contributed by atoms with Crippen LogP contribution in [0.5, 0.6) is 5.75 Å². The molecule has 2 aromatic carbocycles. The first-order valence-corrected chi connectivity index (χ1v) is 12.5. The Labute approximate surface area is 207 Å². The molecule has 8 heteroatoms. The molecule has 0 aliphatic heterocycles. The maximum atomic E-state index is 13.1. The van der Waals surface area contributed by atoms with Crippen molar-refractivity contribution in [3.05, 3.63) is 92.8 Å². The number of ether oxygens (including phenoxy) is 1. The van der Waals surface area contributed by atoms with Crippen molar-refractivity contribution in [3.63, 3.8) is 0 Å². The molecule has 2 aromatic heterocycles. The van der Waals surface area contributed by atoms with Gasteiger partial charge in [0.25, 0.3) is 11.5 Å². The standard InChI is InChI=1S/C27H26N4O3S/c1-18-10-11-22-23(12-18)35-26-25(22)27(33)31(17-28-26)15-24(32)30-29-14-20-8-5-9-21(13-20)34-16-19-6-3-2-4-7-19/h2-9,13-14,17-18H,10-12,15-16H2,1H3,(H,30,32)/b29-14-. The molecule has 178 valence electrons. The summed E-state index contributed by atoms with van der Waals surface area (Å²) in [7, 11) is 0. The van der Waals surface area contributed by atoms with Gasteiger partial charge in [-0.05, 0) is 54.0 Å². The Kier molecular flexibility index (Phi) is 6.72. The van der Waals surface area contributed by atoms with Gasteiger partial charge in [0, 0.05) is 4.88 Å². The zero-order valence-electron chi connectivity index (χ0n) is 19.4. The van der Waals surface area contributed by atoms with Gasteiger partial charge >= 0.3 is 0 Å². The minimum Gasteiger partial charge on any atom is -0.489 e. The lowest BCUT2D eigenvalue weighted by atomic mass is 9.89. The van der Waals surface area contributed by atoms with E-state index in [9.17, 15) is 9.59 Å². The molecule has 1 aliphatic carbocycles. The highest BCUT2D eigenvalue weighted by atomic mass is 32.1. The summed E-state index contributed by atoms with van der Waals surface area (Å²) in [6.45, 7) is 2.57.